The van der Waals surface area contributed by atoms with Gasteiger partial charge in [-0.2, -0.15) is 0 Å². The Morgan fingerprint density at radius 1 is 1.19 bits per heavy atom. The van der Waals surface area contributed by atoms with Crippen molar-refractivity contribution >= 4 is 15.9 Å². The summed E-state index contributed by atoms with van der Waals surface area (Å²) in [6.45, 7) is 3.96. The van der Waals surface area contributed by atoms with Crippen LogP contribution in [0.5, 0.6) is 11.5 Å². The standard InChI is InChI=1S/C12H17BrO3/c1-12(2,7-14)8-5-11(16-4)9(13)6-10(8)15-3/h5-6,14H,7H2,1-4H3. The molecule has 0 fully saturated rings. The third-order valence-corrected chi connectivity index (χ3v) is 3.22. The Labute approximate surface area is 105 Å². The molecule has 0 amide bonds. The fraction of sp³-hybridized carbons (Fsp3) is 0.500. The molecule has 0 aliphatic carbocycles. The molecule has 0 saturated heterocycles. The highest BCUT2D eigenvalue weighted by atomic mass is 79.9. The van der Waals surface area contributed by atoms with Crippen LogP contribution in [0.4, 0.5) is 0 Å². The van der Waals surface area contributed by atoms with Gasteiger partial charge in [-0.3, -0.25) is 0 Å². The van der Waals surface area contributed by atoms with Crippen molar-refractivity contribution in [2.45, 2.75) is 19.3 Å². The van der Waals surface area contributed by atoms with Crippen LogP contribution < -0.4 is 9.47 Å². The van der Waals surface area contributed by atoms with Crippen LogP contribution in [0.1, 0.15) is 19.4 Å². The van der Waals surface area contributed by atoms with E-state index in [1.165, 1.54) is 0 Å². The number of hydrogen-bond acceptors (Lipinski definition) is 3. The predicted octanol–water partition coefficient (Wildman–Crippen LogP) is 2.74. The van der Waals surface area contributed by atoms with Crippen LogP contribution in [0, 0.1) is 0 Å². The SMILES string of the molecule is COc1cc(C(C)(C)CO)c(OC)cc1Br. The minimum Gasteiger partial charge on any atom is -0.496 e. The van der Waals surface area contributed by atoms with Crippen LogP contribution in [0.2, 0.25) is 0 Å². The number of halogens is 1. The third-order valence-electron chi connectivity index (χ3n) is 2.60. The van der Waals surface area contributed by atoms with Crippen molar-refractivity contribution in [3.8, 4) is 11.5 Å². The second-order valence-corrected chi connectivity index (χ2v) is 5.08. The molecule has 0 aromatic heterocycles. The summed E-state index contributed by atoms with van der Waals surface area (Å²) in [5, 5.41) is 9.39. The normalized spacial score (nSPS) is 11.4. The van der Waals surface area contributed by atoms with Crippen molar-refractivity contribution in [3.63, 3.8) is 0 Å². The fourth-order valence-electron chi connectivity index (χ4n) is 1.47. The first-order valence-electron chi connectivity index (χ1n) is 4.99. The van der Waals surface area contributed by atoms with Crippen LogP contribution in [0.3, 0.4) is 0 Å². The summed E-state index contributed by atoms with van der Waals surface area (Å²) >= 11 is 3.40. The van der Waals surface area contributed by atoms with E-state index in [0.717, 1.165) is 21.5 Å². The first-order chi connectivity index (χ1) is 7.46. The van der Waals surface area contributed by atoms with Gasteiger partial charge in [0.25, 0.3) is 0 Å². The topological polar surface area (TPSA) is 38.7 Å². The number of hydrogen-bond donors (Lipinski definition) is 1. The zero-order valence-corrected chi connectivity index (χ0v) is 11.6. The van der Waals surface area contributed by atoms with Gasteiger partial charge in [0.15, 0.2) is 0 Å². The number of aliphatic hydroxyl groups is 1. The zero-order valence-electron chi connectivity index (χ0n) is 10.0. The molecule has 1 N–H and O–H groups in total. The van der Waals surface area contributed by atoms with Crippen molar-refractivity contribution in [2.24, 2.45) is 0 Å². The number of aliphatic hydroxyl groups excluding tert-OH is 1. The van der Waals surface area contributed by atoms with Gasteiger partial charge in [-0.05, 0) is 28.1 Å². The molecule has 0 unspecified atom stereocenters. The van der Waals surface area contributed by atoms with Crippen LogP contribution in [-0.4, -0.2) is 25.9 Å². The molecule has 0 saturated carbocycles. The van der Waals surface area contributed by atoms with Gasteiger partial charge in [-0.15, -0.1) is 0 Å². The number of ether oxygens (including phenoxy) is 2. The predicted molar refractivity (Wildman–Crippen MR) is 67.4 cm³/mol. The van der Waals surface area contributed by atoms with Gasteiger partial charge in [-0.1, -0.05) is 13.8 Å². The van der Waals surface area contributed by atoms with Gasteiger partial charge in [0.2, 0.25) is 0 Å². The molecule has 0 radical (unpaired) electrons. The molecule has 0 atom stereocenters. The fourth-order valence-corrected chi connectivity index (χ4v) is 1.96. The second-order valence-electron chi connectivity index (χ2n) is 4.23. The maximum atomic E-state index is 9.39. The van der Waals surface area contributed by atoms with E-state index in [1.807, 2.05) is 26.0 Å². The van der Waals surface area contributed by atoms with Crippen LogP contribution in [-0.2, 0) is 5.41 Å². The van der Waals surface area contributed by atoms with E-state index in [9.17, 15) is 5.11 Å². The lowest BCUT2D eigenvalue weighted by Crippen LogP contribution is -2.23. The van der Waals surface area contributed by atoms with Crippen LogP contribution >= 0.6 is 15.9 Å². The van der Waals surface area contributed by atoms with E-state index in [-0.39, 0.29) is 12.0 Å². The Hall–Kier alpha value is -0.740. The molecule has 1 aromatic rings. The van der Waals surface area contributed by atoms with E-state index in [4.69, 9.17) is 9.47 Å². The lowest BCUT2D eigenvalue weighted by atomic mass is 9.85. The largest absolute Gasteiger partial charge is 0.496 e. The lowest BCUT2D eigenvalue weighted by molar-refractivity contribution is 0.214. The maximum Gasteiger partial charge on any atom is 0.133 e. The van der Waals surface area contributed by atoms with Gasteiger partial charge in [0.1, 0.15) is 11.5 Å². The summed E-state index contributed by atoms with van der Waals surface area (Å²) < 4.78 is 11.4. The summed E-state index contributed by atoms with van der Waals surface area (Å²) in [4.78, 5) is 0. The van der Waals surface area contributed by atoms with Gasteiger partial charge in [-0.25, -0.2) is 0 Å². The van der Waals surface area contributed by atoms with Gasteiger partial charge >= 0.3 is 0 Å². The number of methoxy groups -OCH3 is 2. The second kappa shape index (κ2) is 5.06. The molecular formula is C12H17BrO3. The quantitative estimate of drug-likeness (QED) is 0.926. The molecule has 1 aromatic carbocycles. The van der Waals surface area contributed by atoms with Crippen molar-refractivity contribution in [3.05, 3.63) is 22.2 Å². The van der Waals surface area contributed by atoms with Crippen molar-refractivity contribution < 1.29 is 14.6 Å². The summed E-state index contributed by atoms with van der Waals surface area (Å²) in [6.07, 6.45) is 0. The Morgan fingerprint density at radius 2 is 1.75 bits per heavy atom. The minimum atomic E-state index is -0.362. The highest BCUT2D eigenvalue weighted by Crippen LogP contribution is 2.38. The first-order valence-corrected chi connectivity index (χ1v) is 5.78. The summed E-state index contributed by atoms with van der Waals surface area (Å²) in [6, 6.07) is 3.74. The molecule has 0 bridgehead atoms. The number of rotatable bonds is 4. The van der Waals surface area contributed by atoms with E-state index in [2.05, 4.69) is 15.9 Å². The molecule has 90 valence electrons. The lowest BCUT2D eigenvalue weighted by Gasteiger charge is -2.25. The Bertz CT molecular complexity index is 375. The summed E-state index contributed by atoms with van der Waals surface area (Å²) in [7, 11) is 3.23. The van der Waals surface area contributed by atoms with Gasteiger partial charge in [0.05, 0.1) is 25.3 Å². The molecule has 0 spiro atoms. The Morgan fingerprint density at radius 3 is 2.19 bits per heavy atom. The molecule has 1 rings (SSSR count). The Kier molecular flexibility index (Phi) is 4.21. The average molecular weight is 289 g/mol. The van der Waals surface area contributed by atoms with E-state index in [1.54, 1.807) is 14.2 Å². The van der Waals surface area contributed by atoms with Crippen LogP contribution in [0.15, 0.2) is 16.6 Å². The van der Waals surface area contributed by atoms with E-state index in [0.29, 0.717) is 0 Å². The molecule has 16 heavy (non-hydrogen) atoms. The van der Waals surface area contributed by atoms with Crippen molar-refractivity contribution in [1.82, 2.24) is 0 Å². The smallest absolute Gasteiger partial charge is 0.133 e. The van der Waals surface area contributed by atoms with E-state index < -0.39 is 0 Å². The molecule has 0 aliphatic rings. The minimum absolute atomic E-state index is 0.0497. The summed E-state index contributed by atoms with van der Waals surface area (Å²) in [5.41, 5.74) is 0.567. The monoisotopic (exact) mass is 288 g/mol. The molecule has 0 heterocycles. The summed E-state index contributed by atoms with van der Waals surface area (Å²) in [5.74, 6) is 1.48. The molecule has 0 aliphatic heterocycles. The highest BCUT2D eigenvalue weighted by Gasteiger charge is 2.25. The van der Waals surface area contributed by atoms with Gasteiger partial charge in [0, 0.05) is 11.0 Å². The van der Waals surface area contributed by atoms with Gasteiger partial charge < -0.3 is 14.6 Å². The molecular weight excluding hydrogens is 272 g/mol. The van der Waals surface area contributed by atoms with Crippen molar-refractivity contribution in [1.29, 1.82) is 0 Å². The maximum absolute atomic E-state index is 9.39. The molecule has 4 heteroatoms. The highest BCUT2D eigenvalue weighted by molar-refractivity contribution is 9.10. The Balaban J connectivity index is 3.36. The number of benzene rings is 1. The molecule has 3 nitrogen and oxygen atoms in total. The van der Waals surface area contributed by atoms with Crippen molar-refractivity contribution in [2.75, 3.05) is 20.8 Å². The van der Waals surface area contributed by atoms with Crippen LogP contribution in [0.25, 0.3) is 0 Å². The first kappa shape index (κ1) is 13.3. The average Bonchev–Trinajstić information content (AvgIpc) is 2.28. The third kappa shape index (κ3) is 2.50. The zero-order chi connectivity index (χ0) is 12.3. The van der Waals surface area contributed by atoms with E-state index >= 15 is 0 Å².